The summed E-state index contributed by atoms with van der Waals surface area (Å²) in [5, 5.41) is 11.4. The van der Waals surface area contributed by atoms with Crippen LogP contribution in [0.5, 0.6) is 0 Å². The van der Waals surface area contributed by atoms with Gasteiger partial charge in [-0.2, -0.15) is 0 Å². The van der Waals surface area contributed by atoms with Gasteiger partial charge in [-0.15, -0.1) is 0 Å². The summed E-state index contributed by atoms with van der Waals surface area (Å²) in [5.74, 6) is -1.42. The van der Waals surface area contributed by atoms with Crippen molar-refractivity contribution < 1.29 is 19.4 Å². The summed E-state index contributed by atoms with van der Waals surface area (Å²) in [6.07, 6.45) is 0.828. The number of hydrogen-bond donors (Lipinski definition) is 2. The number of aliphatic carboxylic acids is 1. The molecule has 5 heteroatoms. The largest absolute Gasteiger partial charge is 0.480 e. The average Bonchev–Trinajstić information content (AvgIpc) is 2.12. The van der Waals surface area contributed by atoms with Crippen molar-refractivity contribution in [3.63, 3.8) is 0 Å². The smallest absolute Gasteiger partial charge is 0.326 e. The second-order valence-electron chi connectivity index (χ2n) is 4.76. The lowest BCUT2D eigenvalue weighted by Gasteiger charge is -2.27. The van der Waals surface area contributed by atoms with Gasteiger partial charge in [0.05, 0.1) is 0 Å². The van der Waals surface area contributed by atoms with Crippen LogP contribution in [0.1, 0.15) is 34.1 Å². The lowest BCUT2D eigenvalue weighted by Crippen LogP contribution is -2.50. The van der Waals surface area contributed by atoms with E-state index in [2.05, 4.69) is 5.32 Å². The van der Waals surface area contributed by atoms with Gasteiger partial charge < -0.3 is 15.2 Å². The highest BCUT2D eigenvalue weighted by Crippen LogP contribution is 2.19. The Hall–Kier alpha value is -1.10. The Morgan fingerprint density at radius 2 is 1.94 bits per heavy atom. The van der Waals surface area contributed by atoms with Crippen molar-refractivity contribution in [1.82, 2.24) is 5.32 Å². The summed E-state index contributed by atoms with van der Waals surface area (Å²) in [5.41, 5.74) is -0.522. The molecule has 0 radical (unpaired) electrons. The van der Waals surface area contributed by atoms with Crippen LogP contribution in [0.25, 0.3) is 0 Å². The van der Waals surface area contributed by atoms with Gasteiger partial charge >= 0.3 is 5.97 Å². The Morgan fingerprint density at radius 3 is 2.31 bits per heavy atom. The highest BCUT2D eigenvalue weighted by Gasteiger charge is 2.32. The zero-order valence-corrected chi connectivity index (χ0v) is 10.4. The molecule has 1 atom stereocenters. The van der Waals surface area contributed by atoms with Crippen LogP contribution in [0.4, 0.5) is 0 Å². The third kappa shape index (κ3) is 5.70. The molecule has 0 fully saturated rings. The third-order valence-electron chi connectivity index (χ3n) is 2.00. The number of ether oxygens (including phenoxy) is 1. The van der Waals surface area contributed by atoms with Gasteiger partial charge in [0, 0.05) is 6.61 Å². The molecule has 0 rings (SSSR count). The normalized spacial score (nSPS) is 13.2. The van der Waals surface area contributed by atoms with Crippen LogP contribution in [-0.4, -0.2) is 36.2 Å². The fourth-order valence-corrected chi connectivity index (χ4v) is 1.16. The second-order valence-corrected chi connectivity index (χ2v) is 4.76. The van der Waals surface area contributed by atoms with Gasteiger partial charge in [0.25, 0.3) is 0 Å². The van der Waals surface area contributed by atoms with E-state index in [0.717, 1.165) is 6.42 Å². The quantitative estimate of drug-likeness (QED) is 0.669. The number of nitrogens with one attached hydrogen (secondary N) is 1. The summed E-state index contributed by atoms with van der Waals surface area (Å²) in [7, 11) is 0. The lowest BCUT2D eigenvalue weighted by molar-refractivity contribution is -0.145. The molecule has 5 nitrogen and oxygen atoms in total. The van der Waals surface area contributed by atoms with Gasteiger partial charge in [-0.3, -0.25) is 4.79 Å². The van der Waals surface area contributed by atoms with Crippen molar-refractivity contribution in [3.05, 3.63) is 0 Å². The van der Waals surface area contributed by atoms with Crippen molar-refractivity contribution >= 4 is 11.9 Å². The molecule has 0 aromatic carbocycles. The zero-order chi connectivity index (χ0) is 12.8. The average molecular weight is 231 g/mol. The van der Waals surface area contributed by atoms with Crippen LogP contribution in [0, 0.1) is 5.41 Å². The molecule has 16 heavy (non-hydrogen) atoms. The molecule has 1 amide bonds. The fourth-order valence-electron chi connectivity index (χ4n) is 1.16. The summed E-state index contributed by atoms with van der Waals surface area (Å²) >= 11 is 0. The summed E-state index contributed by atoms with van der Waals surface area (Å²) in [6, 6.07) is -0.898. The molecule has 0 aliphatic carbocycles. The van der Waals surface area contributed by atoms with Gasteiger partial charge in [0.1, 0.15) is 12.6 Å². The molecular formula is C11H21NO4. The van der Waals surface area contributed by atoms with Crippen LogP contribution in [0.3, 0.4) is 0 Å². The van der Waals surface area contributed by atoms with E-state index >= 15 is 0 Å². The van der Waals surface area contributed by atoms with E-state index < -0.39 is 23.3 Å². The predicted molar refractivity (Wildman–Crippen MR) is 60.1 cm³/mol. The predicted octanol–water partition coefficient (Wildman–Crippen LogP) is 1.03. The van der Waals surface area contributed by atoms with Crippen molar-refractivity contribution in [2.75, 3.05) is 13.2 Å². The van der Waals surface area contributed by atoms with E-state index in [1.165, 1.54) is 0 Å². The maximum atomic E-state index is 11.4. The fraction of sp³-hybridized carbons (Fsp3) is 0.818. The van der Waals surface area contributed by atoms with E-state index in [1.807, 2.05) is 6.92 Å². The topological polar surface area (TPSA) is 75.6 Å². The molecule has 2 N–H and O–H groups in total. The minimum absolute atomic E-state index is 0.0896. The number of rotatable bonds is 6. The summed E-state index contributed by atoms with van der Waals surface area (Å²) in [6.45, 7) is 7.64. The van der Waals surface area contributed by atoms with Crippen molar-refractivity contribution in [2.24, 2.45) is 5.41 Å². The first-order valence-electron chi connectivity index (χ1n) is 5.39. The first-order valence-corrected chi connectivity index (χ1v) is 5.39. The summed E-state index contributed by atoms with van der Waals surface area (Å²) in [4.78, 5) is 22.3. The first-order chi connectivity index (χ1) is 7.29. The van der Waals surface area contributed by atoms with Crippen LogP contribution >= 0.6 is 0 Å². The molecule has 0 aliphatic heterocycles. The molecule has 0 bridgehead atoms. The number of carbonyl (C=O) groups is 2. The van der Waals surface area contributed by atoms with E-state index in [4.69, 9.17) is 9.84 Å². The van der Waals surface area contributed by atoms with E-state index in [1.54, 1.807) is 20.8 Å². The Morgan fingerprint density at radius 1 is 1.38 bits per heavy atom. The number of carbonyl (C=O) groups excluding carboxylic acids is 1. The number of amides is 1. The molecule has 94 valence electrons. The molecule has 0 aromatic heterocycles. The summed E-state index contributed by atoms with van der Waals surface area (Å²) < 4.78 is 5.03. The van der Waals surface area contributed by atoms with E-state index in [-0.39, 0.29) is 6.61 Å². The minimum Gasteiger partial charge on any atom is -0.480 e. The molecule has 0 heterocycles. The molecular weight excluding hydrogens is 210 g/mol. The van der Waals surface area contributed by atoms with Gasteiger partial charge in [0.15, 0.2) is 0 Å². The molecule has 0 spiro atoms. The molecule has 0 aliphatic rings. The van der Waals surface area contributed by atoms with Crippen LogP contribution in [0.15, 0.2) is 0 Å². The van der Waals surface area contributed by atoms with Gasteiger partial charge in [-0.25, -0.2) is 4.79 Å². The lowest BCUT2D eigenvalue weighted by atomic mass is 9.87. The Labute approximate surface area is 96.2 Å². The Kier molecular flexibility index (Phi) is 6.03. The Balaban J connectivity index is 4.21. The van der Waals surface area contributed by atoms with Crippen molar-refractivity contribution in [3.8, 4) is 0 Å². The molecule has 0 saturated carbocycles. The number of hydrogen-bond acceptors (Lipinski definition) is 3. The van der Waals surface area contributed by atoms with Gasteiger partial charge in [-0.1, -0.05) is 27.7 Å². The van der Waals surface area contributed by atoms with Crippen molar-refractivity contribution in [1.29, 1.82) is 0 Å². The molecule has 0 unspecified atom stereocenters. The number of carboxylic acid groups (broad SMARTS) is 1. The van der Waals surface area contributed by atoms with Crippen LogP contribution in [0.2, 0.25) is 0 Å². The molecule has 0 aromatic rings. The van der Waals surface area contributed by atoms with E-state index in [0.29, 0.717) is 6.61 Å². The Bertz CT molecular complexity index is 245. The first kappa shape index (κ1) is 14.9. The maximum Gasteiger partial charge on any atom is 0.326 e. The van der Waals surface area contributed by atoms with Gasteiger partial charge in [0.2, 0.25) is 5.91 Å². The van der Waals surface area contributed by atoms with E-state index in [9.17, 15) is 9.59 Å². The third-order valence-corrected chi connectivity index (χ3v) is 2.00. The minimum atomic E-state index is -1.03. The van der Waals surface area contributed by atoms with Gasteiger partial charge in [-0.05, 0) is 11.8 Å². The highest BCUT2D eigenvalue weighted by molar-refractivity contribution is 5.84. The second kappa shape index (κ2) is 6.48. The maximum absolute atomic E-state index is 11.4. The number of carboxylic acids is 1. The zero-order valence-electron chi connectivity index (χ0n) is 10.4. The van der Waals surface area contributed by atoms with Crippen LogP contribution in [-0.2, 0) is 14.3 Å². The molecule has 0 saturated heterocycles. The highest BCUT2D eigenvalue weighted by atomic mass is 16.5. The van der Waals surface area contributed by atoms with Crippen LogP contribution < -0.4 is 5.32 Å². The monoisotopic (exact) mass is 231 g/mol. The van der Waals surface area contributed by atoms with Crippen molar-refractivity contribution in [2.45, 2.75) is 40.2 Å². The SMILES string of the molecule is CCCOCC(=O)N[C@@H](C(=O)O)C(C)(C)C. The standard InChI is InChI=1S/C11H21NO4/c1-5-6-16-7-8(13)12-9(10(14)15)11(2,3)4/h9H,5-7H2,1-4H3,(H,12,13)(H,14,15)/t9-/m0/s1.